The second-order valence-corrected chi connectivity index (χ2v) is 4.55. The zero-order valence-electron chi connectivity index (χ0n) is 9.23. The minimum absolute atomic E-state index is 0.0653. The number of halogens is 6. The van der Waals surface area contributed by atoms with E-state index in [1.165, 1.54) is 18.2 Å². The molecule has 0 aromatic heterocycles. The molecule has 0 saturated heterocycles. The van der Waals surface area contributed by atoms with Crippen LogP contribution >= 0.6 is 23.2 Å². The minimum Gasteiger partial charge on any atom is -0.206 e. The molecule has 100 valence electrons. The van der Waals surface area contributed by atoms with Gasteiger partial charge in [0.25, 0.3) is 0 Å². The van der Waals surface area contributed by atoms with Gasteiger partial charge in [-0.05, 0) is 18.2 Å². The first-order chi connectivity index (χ1) is 8.82. The van der Waals surface area contributed by atoms with Crippen molar-refractivity contribution in [3.63, 3.8) is 0 Å². The molecule has 0 amide bonds. The molecule has 0 fully saturated rings. The summed E-state index contributed by atoms with van der Waals surface area (Å²) in [5.41, 5.74) is -1.77. The molecule has 6 heteroatoms. The molecule has 0 aliphatic heterocycles. The summed E-state index contributed by atoms with van der Waals surface area (Å²) in [6, 6.07) is 6.87. The largest absolute Gasteiger partial charge is 0.417 e. The van der Waals surface area contributed by atoms with Crippen molar-refractivity contribution in [2.75, 3.05) is 0 Å². The molecule has 0 saturated carbocycles. The lowest BCUT2D eigenvalue weighted by Crippen LogP contribution is -2.08. The third kappa shape index (κ3) is 2.69. The Morgan fingerprint density at radius 3 is 2.16 bits per heavy atom. The predicted molar refractivity (Wildman–Crippen MR) is 66.9 cm³/mol. The standard InChI is InChI=1S/C13H6Cl2F4/c14-9-5-1-3-7(12(9)15)11-8(13(17,18)19)4-2-6-10(11)16/h1-6H. The van der Waals surface area contributed by atoms with Crippen LogP contribution in [0.25, 0.3) is 11.1 Å². The molecule has 19 heavy (non-hydrogen) atoms. The summed E-state index contributed by atoms with van der Waals surface area (Å²) >= 11 is 11.6. The number of rotatable bonds is 1. The summed E-state index contributed by atoms with van der Waals surface area (Å²) in [7, 11) is 0. The van der Waals surface area contributed by atoms with E-state index in [1.807, 2.05) is 0 Å². The first-order valence-corrected chi connectivity index (χ1v) is 5.88. The van der Waals surface area contributed by atoms with Crippen LogP contribution in [-0.4, -0.2) is 0 Å². The smallest absolute Gasteiger partial charge is 0.206 e. The summed E-state index contributed by atoms with van der Waals surface area (Å²) < 4.78 is 52.5. The van der Waals surface area contributed by atoms with Gasteiger partial charge in [0.05, 0.1) is 15.6 Å². The van der Waals surface area contributed by atoms with Crippen molar-refractivity contribution in [1.29, 1.82) is 0 Å². The summed E-state index contributed by atoms with van der Waals surface area (Å²) in [4.78, 5) is 0. The van der Waals surface area contributed by atoms with Gasteiger partial charge in [-0.25, -0.2) is 4.39 Å². The van der Waals surface area contributed by atoms with E-state index in [2.05, 4.69) is 0 Å². The first kappa shape index (κ1) is 14.2. The SMILES string of the molecule is Fc1cccc(C(F)(F)F)c1-c1cccc(Cl)c1Cl. The molecule has 0 aliphatic carbocycles. The number of hydrogen-bond acceptors (Lipinski definition) is 0. The van der Waals surface area contributed by atoms with Gasteiger partial charge in [-0.3, -0.25) is 0 Å². The van der Waals surface area contributed by atoms with Gasteiger partial charge in [-0.2, -0.15) is 13.2 Å². The van der Waals surface area contributed by atoms with Crippen LogP contribution in [0.5, 0.6) is 0 Å². The van der Waals surface area contributed by atoms with Crippen molar-refractivity contribution in [2.45, 2.75) is 6.18 Å². The molecule has 0 unspecified atom stereocenters. The highest BCUT2D eigenvalue weighted by Crippen LogP contribution is 2.42. The van der Waals surface area contributed by atoms with Gasteiger partial charge in [0.2, 0.25) is 0 Å². The molecule has 0 bridgehead atoms. The van der Waals surface area contributed by atoms with E-state index in [-0.39, 0.29) is 15.6 Å². The van der Waals surface area contributed by atoms with Gasteiger partial charge in [-0.1, -0.05) is 41.4 Å². The fourth-order valence-electron chi connectivity index (χ4n) is 1.73. The third-order valence-corrected chi connectivity index (χ3v) is 3.36. The van der Waals surface area contributed by atoms with Crippen molar-refractivity contribution >= 4 is 23.2 Å². The van der Waals surface area contributed by atoms with Crippen molar-refractivity contribution in [3.8, 4) is 11.1 Å². The molecular weight excluding hydrogens is 303 g/mol. The summed E-state index contributed by atoms with van der Waals surface area (Å²) in [5.74, 6) is -1.00. The maximum Gasteiger partial charge on any atom is 0.417 e. The van der Waals surface area contributed by atoms with Crippen LogP contribution in [-0.2, 0) is 6.18 Å². The Hall–Kier alpha value is -1.26. The Bertz CT molecular complexity index is 621. The van der Waals surface area contributed by atoms with Gasteiger partial charge >= 0.3 is 6.18 Å². The maximum atomic E-state index is 13.8. The molecule has 0 radical (unpaired) electrons. The summed E-state index contributed by atoms with van der Waals surface area (Å²) in [5, 5.41) is -0.0460. The second kappa shape index (κ2) is 5.02. The Morgan fingerprint density at radius 1 is 0.895 bits per heavy atom. The van der Waals surface area contributed by atoms with E-state index in [9.17, 15) is 17.6 Å². The van der Waals surface area contributed by atoms with Crippen molar-refractivity contribution in [1.82, 2.24) is 0 Å². The van der Waals surface area contributed by atoms with E-state index in [4.69, 9.17) is 23.2 Å². The third-order valence-electron chi connectivity index (χ3n) is 2.54. The molecule has 0 N–H and O–H groups in total. The van der Waals surface area contributed by atoms with Crippen LogP contribution in [0.4, 0.5) is 17.6 Å². The average Bonchev–Trinajstić information content (AvgIpc) is 2.32. The van der Waals surface area contributed by atoms with Gasteiger partial charge in [-0.15, -0.1) is 0 Å². The van der Waals surface area contributed by atoms with E-state index < -0.39 is 23.1 Å². The summed E-state index contributed by atoms with van der Waals surface area (Å²) in [6.07, 6.45) is -4.68. The first-order valence-electron chi connectivity index (χ1n) is 5.12. The Labute approximate surface area is 116 Å². The zero-order chi connectivity index (χ0) is 14.2. The fraction of sp³-hybridized carbons (Fsp3) is 0.0769. The fourth-order valence-corrected chi connectivity index (χ4v) is 2.13. The van der Waals surface area contributed by atoms with E-state index in [0.717, 1.165) is 18.2 Å². The van der Waals surface area contributed by atoms with E-state index >= 15 is 0 Å². The molecule has 2 aromatic rings. The molecule has 2 aromatic carbocycles. The monoisotopic (exact) mass is 308 g/mol. The van der Waals surface area contributed by atoms with E-state index in [1.54, 1.807) is 0 Å². The number of benzene rings is 2. The van der Waals surface area contributed by atoms with Gasteiger partial charge in [0, 0.05) is 11.1 Å². The molecule has 0 spiro atoms. The number of hydrogen-bond donors (Lipinski definition) is 0. The maximum absolute atomic E-state index is 13.8. The van der Waals surface area contributed by atoms with E-state index in [0.29, 0.717) is 0 Å². The summed E-state index contributed by atoms with van der Waals surface area (Å²) in [6.45, 7) is 0. The second-order valence-electron chi connectivity index (χ2n) is 3.76. The minimum atomic E-state index is -4.68. The van der Waals surface area contributed by atoms with Crippen LogP contribution in [0.3, 0.4) is 0 Å². The van der Waals surface area contributed by atoms with Crippen LogP contribution < -0.4 is 0 Å². The molecular formula is C13H6Cl2F4. The highest BCUT2D eigenvalue weighted by atomic mass is 35.5. The van der Waals surface area contributed by atoms with Gasteiger partial charge in [0.15, 0.2) is 0 Å². The van der Waals surface area contributed by atoms with Crippen LogP contribution in [0, 0.1) is 5.82 Å². The average molecular weight is 309 g/mol. The normalized spacial score (nSPS) is 11.7. The van der Waals surface area contributed by atoms with Crippen molar-refractivity contribution in [3.05, 3.63) is 57.8 Å². The Balaban J connectivity index is 2.79. The molecule has 0 aliphatic rings. The number of alkyl halides is 3. The molecule has 0 heterocycles. The lowest BCUT2D eigenvalue weighted by atomic mass is 9.98. The molecule has 0 nitrogen and oxygen atoms in total. The lowest BCUT2D eigenvalue weighted by molar-refractivity contribution is -0.137. The van der Waals surface area contributed by atoms with Crippen molar-refractivity contribution in [2.24, 2.45) is 0 Å². The van der Waals surface area contributed by atoms with Crippen LogP contribution in [0.2, 0.25) is 10.0 Å². The topological polar surface area (TPSA) is 0 Å². The highest BCUT2D eigenvalue weighted by Gasteiger charge is 2.35. The lowest BCUT2D eigenvalue weighted by Gasteiger charge is -2.15. The van der Waals surface area contributed by atoms with Gasteiger partial charge < -0.3 is 0 Å². The predicted octanol–water partition coefficient (Wildman–Crippen LogP) is 5.82. The quantitative estimate of drug-likeness (QED) is 0.582. The Morgan fingerprint density at radius 2 is 1.53 bits per heavy atom. The zero-order valence-corrected chi connectivity index (χ0v) is 10.7. The highest BCUT2D eigenvalue weighted by molar-refractivity contribution is 6.43. The van der Waals surface area contributed by atoms with Crippen molar-refractivity contribution < 1.29 is 17.6 Å². The molecule has 0 atom stereocenters. The van der Waals surface area contributed by atoms with Gasteiger partial charge in [0.1, 0.15) is 5.82 Å². The molecule has 2 rings (SSSR count). The Kier molecular flexibility index (Phi) is 3.74. The van der Waals surface area contributed by atoms with Crippen LogP contribution in [0.1, 0.15) is 5.56 Å². The van der Waals surface area contributed by atoms with Crippen LogP contribution in [0.15, 0.2) is 36.4 Å².